The Morgan fingerprint density at radius 3 is 2.24 bits per heavy atom. The molecule has 0 heterocycles. The van der Waals surface area contributed by atoms with Crippen molar-refractivity contribution in [1.82, 2.24) is 5.32 Å². The summed E-state index contributed by atoms with van der Waals surface area (Å²) >= 11 is 11.7. The molecule has 0 radical (unpaired) electrons. The quantitative estimate of drug-likeness (QED) is 0.808. The number of hydrogen-bond acceptors (Lipinski definition) is 4. The summed E-state index contributed by atoms with van der Waals surface area (Å²) in [4.78, 5) is 23.1. The first kappa shape index (κ1) is 17.7. The summed E-state index contributed by atoms with van der Waals surface area (Å²) in [6.07, 6.45) is 0.737. The molecule has 0 fully saturated rings. The molecule has 0 aliphatic rings. The average molecular weight is 354 g/mol. The molecule has 0 bridgehead atoms. The number of amides is 1. The Hall–Kier alpha value is -1.31. The fourth-order valence-electron chi connectivity index (χ4n) is 1.53. The lowest BCUT2D eigenvalue weighted by Gasteiger charge is -2.15. The molecule has 116 valence electrons. The van der Waals surface area contributed by atoms with Crippen molar-refractivity contribution in [2.45, 2.75) is 12.5 Å². The highest BCUT2D eigenvalue weighted by Gasteiger charge is 2.24. The SMILES string of the molecule is CS(=O)(=O)CCC(NC(=O)c1c(Cl)cccc1Cl)C(=O)O. The molecule has 0 saturated heterocycles. The van der Waals surface area contributed by atoms with Crippen molar-refractivity contribution in [2.75, 3.05) is 12.0 Å². The van der Waals surface area contributed by atoms with E-state index < -0.39 is 27.8 Å². The first-order valence-electron chi connectivity index (χ1n) is 5.77. The maximum absolute atomic E-state index is 12.0. The molecule has 2 N–H and O–H groups in total. The normalized spacial score (nSPS) is 12.7. The first-order chi connectivity index (χ1) is 9.61. The molecule has 0 spiro atoms. The van der Waals surface area contributed by atoms with E-state index in [1.165, 1.54) is 12.1 Å². The van der Waals surface area contributed by atoms with Crippen molar-refractivity contribution in [1.29, 1.82) is 0 Å². The minimum atomic E-state index is -3.34. The van der Waals surface area contributed by atoms with E-state index in [1.807, 2.05) is 0 Å². The van der Waals surface area contributed by atoms with Gasteiger partial charge in [-0.3, -0.25) is 4.79 Å². The number of sulfone groups is 1. The Bertz CT molecular complexity index is 639. The Balaban J connectivity index is 2.89. The Morgan fingerprint density at radius 2 is 1.81 bits per heavy atom. The smallest absolute Gasteiger partial charge is 0.326 e. The number of hydrogen-bond donors (Lipinski definition) is 2. The molecule has 21 heavy (non-hydrogen) atoms. The van der Waals surface area contributed by atoms with Gasteiger partial charge in [-0.15, -0.1) is 0 Å². The zero-order chi connectivity index (χ0) is 16.2. The number of carboxylic acids is 1. The summed E-state index contributed by atoms with van der Waals surface area (Å²) in [7, 11) is -3.34. The highest BCUT2D eigenvalue weighted by molar-refractivity contribution is 7.90. The number of benzene rings is 1. The van der Waals surface area contributed by atoms with Crippen LogP contribution in [0.5, 0.6) is 0 Å². The van der Waals surface area contributed by atoms with Crippen molar-refractivity contribution in [3.8, 4) is 0 Å². The molecule has 1 rings (SSSR count). The minimum Gasteiger partial charge on any atom is -0.480 e. The molecule has 0 aliphatic heterocycles. The zero-order valence-electron chi connectivity index (χ0n) is 11.0. The molecule has 1 amide bonds. The largest absolute Gasteiger partial charge is 0.480 e. The molecule has 0 saturated carbocycles. The topological polar surface area (TPSA) is 101 Å². The van der Waals surface area contributed by atoms with Crippen molar-refractivity contribution < 1.29 is 23.1 Å². The second-order valence-electron chi connectivity index (χ2n) is 4.38. The van der Waals surface area contributed by atoms with E-state index in [9.17, 15) is 18.0 Å². The van der Waals surface area contributed by atoms with E-state index in [4.69, 9.17) is 28.3 Å². The number of rotatable bonds is 6. The summed E-state index contributed by atoms with van der Waals surface area (Å²) in [5, 5.41) is 11.4. The standard InChI is InChI=1S/C12H13Cl2NO5S/c1-21(19,20)6-5-9(12(17)18)15-11(16)10-7(13)3-2-4-8(10)14/h2-4,9H,5-6H2,1H3,(H,15,16)(H,17,18). The number of aliphatic carboxylic acids is 1. The van der Waals surface area contributed by atoms with Gasteiger partial charge in [-0.25, -0.2) is 13.2 Å². The molecule has 0 aromatic heterocycles. The van der Waals surface area contributed by atoms with E-state index in [-0.39, 0.29) is 27.8 Å². The summed E-state index contributed by atoms with van der Waals surface area (Å²) in [6.45, 7) is 0. The van der Waals surface area contributed by atoms with Gasteiger partial charge in [0.2, 0.25) is 0 Å². The molecular weight excluding hydrogens is 341 g/mol. The predicted octanol–water partition coefficient (Wildman–Crippen LogP) is 1.61. The van der Waals surface area contributed by atoms with Crippen molar-refractivity contribution in [3.63, 3.8) is 0 Å². The maximum Gasteiger partial charge on any atom is 0.326 e. The number of halogens is 2. The third kappa shape index (κ3) is 5.53. The molecule has 6 nitrogen and oxygen atoms in total. The lowest BCUT2D eigenvalue weighted by Crippen LogP contribution is -2.42. The maximum atomic E-state index is 12.0. The minimum absolute atomic E-state index is 0.0496. The molecule has 0 aliphatic carbocycles. The molecule has 1 aromatic rings. The van der Waals surface area contributed by atoms with Gasteiger partial charge in [0.15, 0.2) is 0 Å². The lowest BCUT2D eigenvalue weighted by molar-refractivity contribution is -0.139. The van der Waals surface area contributed by atoms with E-state index in [0.29, 0.717) is 0 Å². The van der Waals surface area contributed by atoms with Crippen LogP contribution in [-0.2, 0) is 14.6 Å². The van der Waals surface area contributed by atoms with E-state index in [0.717, 1.165) is 6.26 Å². The monoisotopic (exact) mass is 353 g/mol. The van der Waals surface area contributed by atoms with Crippen LogP contribution in [0.15, 0.2) is 18.2 Å². The van der Waals surface area contributed by atoms with Crippen LogP contribution in [0.2, 0.25) is 10.0 Å². The van der Waals surface area contributed by atoms with Gasteiger partial charge in [-0.1, -0.05) is 29.3 Å². The number of carboxylic acid groups (broad SMARTS) is 1. The van der Waals surface area contributed by atoms with Gasteiger partial charge >= 0.3 is 5.97 Å². The van der Waals surface area contributed by atoms with Crippen LogP contribution in [0.1, 0.15) is 16.8 Å². The molecule has 1 atom stereocenters. The van der Waals surface area contributed by atoms with Gasteiger partial charge in [0.05, 0.1) is 21.4 Å². The van der Waals surface area contributed by atoms with Crippen LogP contribution in [0.3, 0.4) is 0 Å². The third-order valence-corrected chi connectivity index (χ3v) is 4.18. The zero-order valence-corrected chi connectivity index (χ0v) is 13.3. The van der Waals surface area contributed by atoms with Crippen molar-refractivity contribution in [3.05, 3.63) is 33.8 Å². The Labute approximate surface area is 132 Å². The second kappa shape index (κ2) is 7.11. The van der Waals surface area contributed by atoms with Crippen LogP contribution >= 0.6 is 23.2 Å². The Kier molecular flexibility index (Phi) is 6.00. The van der Waals surface area contributed by atoms with Crippen LogP contribution < -0.4 is 5.32 Å². The number of nitrogens with one attached hydrogen (secondary N) is 1. The molecule has 9 heteroatoms. The number of carbonyl (C=O) groups excluding carboxylic acids is 1. The first-order valence-corrected chi connectivity index (χ1v) is 8.59. The van der Waals surface area contributed by atoms with Gasteiger partial charge < -0.3 is 10.4 Å². The molecule has 1 unspecified atom stereocenters. The van der Waals surface area contributed by atoms with Crippen LogP contribution in [0.4, 0.5) is 0 Å². The van der Waals surface area contributed by atoms with Gasteiger partial charge in [-0.2, -0.15) is 0 Å². The van der Waals surface area contributed by atoms with Crippen LogP contribution in [-0.4, -0.2) is 43.5 Å². The highest BCUT2D eigenvalue weighted by Crippen LogP contribution is 2.24. The molecule has 1 aromatic carbocycles. The van der Waals surface area contributed by atoms with Gasteiger partial charge in [-0.05, 0) is 18.6 Å². The molecular formula is C12H13Cl2NO5S. The fourth-order valence-corrected chi connectivity index (χ4v) is 2.77. The predicted molar refractivity (Wildman–Crippen MR) is 79.7 cm³/mol. The van der Waals surface area contributed by atoms with Crippen LogP contribution in [0.25, 0.3) is 0 Å². The lowest BCUT2D eigenvalue weighted by atomic mass is 10.1. The summed E-state index contributed by atoms with van der Waals surface area (Å²) in [5.41, 5.74) is -0.0496. The van der Waals surface area contributed by atoms with Crippen molar-refractivity contribution in [2.24, 2.45) is 0 Å². The fraction of sp³-hybridized carbons (Fsp3) is 0.333. The summed E-state index contributed by atoms with van der Waals surface area (Å²) in [6, 6.07) is 3.07. The summed E-state index contributed by atoms with van der Waals surface area (Å²) < 4.78 is 22.1. The third-order valence-electron chi connectivity index (χ3n) is 2.57. The second-order valence-corrected chi connectivity index (χ2v) is 7.45. The van der Waals surface area contributed by atoms with Crippen molar-refractivity contribution >= 4 is 44.9 Å². The van der Waals surface area contributed by atoms with Gasteiger partial charge in [0.25, 0.3) is 5.91 Å². The average Bonchev–Trinajstić information content (AvgIpc) is 2.32. The van der Waals surface area contributed by atoms with Gasteiger partial charge in [0, 0.05) is 6.26 Å². The Morgan fingerprint density at radius 1 is 1.29 bits per heavy atom. The number of carbonyl (C=O) groups is 2. The van der Waals surface area contributed by atoms with Gasteiger partial charge in [0.1, 0.15) is 15.9 Å². The van der Waals surface area contributed by atoms with E-state index in [1.54, 1.807) is 6.07 Å². The van der Waals surface area contributed by atoms with E-state index >= 15 is 0 Å². The highest BCUT2D eigenvalue weighted by atomic mass is 35.5. The summed E-state index contributed by atoms with van der Waals surface area (Å²) in [5.74, 6) is -2.47. The van der Waals surface area contributed by atoms with Crippen LogP contribution in [0, 0.1) is 0 Å². The van der Waals surface area contributed by atoms with E-state index in [2.05, 4.69) is 5.32 Å².